The third-order valence-corrected chi connectivity index (χ3v) is 0. The van der Waals surface area contributed by atoms with Crippen LogP contribution in [0.3, 0.4) is 0 Å². The molecule has 0 radical (unpaired) electrons. The van der Waals surface area contributed by atoms with Crippen LogP contribution in [0.5, 0.6) is 0 Å². The summed E-state index contributed by atoms with van der Waals surface area (Å²) in [4.78, 5) is 0. The van der Waals surface area contributed by atoms with Crippen LogP contribution in [0, 0.1) is 0 Å². The smallest absolute Gasteiger partial charge is 0.153 e. The minimum Gasteiger partial charge on any atom is -0.153 e. The summed E-state index contributed by atoms with van der Waals surface area (Å²) in [5.74, 6) is 0. The molecule has 0 rings (SSSR count). The molecule has 0 aliphatic rings. The van der Waals surface area contributed by atoms with E-state index in [1.54, 1.807) is 0 Å². The first kappa shape index (κ1) is 15.6. The van der Waals surface area contributed by atoms with Crippen LogP contribution >= 0.6 is 9.90 Å². The standard InChI is InChI=1S/H3N.H2O4Te.H3P/c;1-5(2,3)4;/h1H3;(H2,1,2,3,4);1H3. The molecule has 1 atom stereocenters. The van der Waals surface area contributed by atoms with Crippen molar-refractivity contribution < 1.29 is 13.2 Å². The molecule has 0 saturated heterocycles. The SMILES string of the molecule is N.O=[Te](=O)(O)O.P. The maximum atomic E-state index is 8.85. The molecular formula is H8NO4PTe. The average Bonchev–Trinajstić information content (AvgIpc) is 0.722. The summed E-state index contributed by atoms with van der Waals surface area (Å²) in [7, 11) is 0. The minimum absolute atomic E-state index is 0. The van der Waals surface area contributed by atoms with Crippen molar-refractivity contribution in [2.45, 2.75) is 0 Å². The second kappa shape index (κ2) is 4.85. The fraction of sp³-hybridized carbons (Fsp3) is 0. The van der Waals surface area contributed by atoms with E-state index in [0.29, 0.717) is 0 Å². The van der Waals surface area contributed by atoms with E-state index >= 15 is 0 Å². The van der Waals surface area contributed by atoms with Gasteiger partial charge in [-0.15, -0.1) is 0 Å². The van der Waals surface area contributed by atoms with Crippen LogP contribution in [0.2, 0.25) is 0 Å². The van der Waals surface area contributed by atoms with Crippen LogP contribution in [-0.4, -0.2) is 25.9 Å². The van der Waals surface area contributed by atoms with E-state index < -0.39 is 19.0 Å². The van der Waals surface area contributed by atoms with Crippen molar-refractivity contribution in [1.29, 1.82) is 0 Å². The van der Waals surface area contributed by atoms with Crippen molar-refractivity contribution in [3.05, 3.63) is 0 Å². The second-order valence-corrected chi connectivity index (χ2v) is 3.00. The maximum absolute atomic E-state index is 8.85. The summed E-state index contributed by atoms with van der Waals surface area (Å²) < 4.78 is 32.0. The Balaban J connectivity index is -0.0000000800. The van der Waals surface area contributed by atoms with Gasteiger partial charge < -0.3 is 6.15 Å². The Bertz CT molecular complexity index is 94.9. The molecule has 48 valence electrons. The zero-order chi connectivity index (χ0) is 4.50. The topological polar surface area (TPSA) is 110 Å². The van der Waals surface area contributed by atoms with Crippen LogP contribution in [0.4, 0.5) is 0 Å². The largest absolute Gasteiger partial charge is 0.153 e. The second-order valence-electron chi connectivity index (χ2n) is 0.448. The Morgan fingerprint density at radius 3 is 1.14 bits per heavy atom. The van der Waals surface area contributed by atoms with E-state index in [4.69, 9.17) is 13.2 Å². The molecule has 7 heavy (non-hydrogen) atoms. The van der Waals surface area contributed by atoms with E-state index in [1.165, 1.54) is 0 Å². The Labute approximate surface area is 48.6 Å². The van der Waals surface area contributed by atoms with Gasteiger partial charge in [-0.05, 0) is 0 Å². The summed E-state index contributed by atoms with van der Waals surface area (Å²) >= 11 is -5.52. The van der Waals surface area contributed by atoms with Gasteiger partial charge in [-0.3, -0.25) is 0 Å². The molecule has 0 aromatic carbocycles. The van der Waals surface area contributed by atoms with Gasteiger partial charge in [0.25, 0.3) is 0 Å². The predicted octanol–water partition coefficient (Wildman–Crippen LogP) is -1.51. The van der Waals surface area contributed by atoms with Gasteiger partial charge in [0.05, 0.1) is 0 Å². The Kier molecular flexibility index (Phi) is 10.8. The summed E-state index contributed by atoms with van der Waals surface area (Å²) in [6.07, 6.45) is 0. The Hall–Kier alpha value is 0.700. The quantitative estimate of drug-likeness (QED) is 0.354. The predicted molar refractivity (Wildman–Crippen MR) is 27.7 cm³/mol. The Morgan fingerprint density at radius 1 is 1.14 bits per heavy atom. The van der Waals surface area contributed by atoms with Crippen molar-refractivity contribution in [3.8, 4) is 0 Å². The van der Waals surface area contributed by atoms with E-state index in [1.807, 2.05) is 0 Å². The molecule has 0 spiro atoms. The first-order valence-electron chi connectivity index (χ1n) is 0.698. The molecule has 0 amide bonds. The zero-order valence-electron chi connectivity index (χ0n) is 3.53. The summed E-state index contributed by atoms with van der Waals surface area (Å²) in [6, 6.07) is 0. The van der Waals surface area contributed by atoms with Crippen molar-refractivity contribution in [2.24, 2.45) is 0 Å². The van der Waals surface area contributed by atoms with Gasteiger partial charge in [-0.25, -0.2) is 0 Å². The van der Waals surface area contributed by atoms with E-state index in [2.05, 4.69) is 0 Å². The van der Waals surface area contributed by atoms with E-state index in [-0.39, 0.29) is 16.0 Å². The van der Waals surface area contributed by atoms with Crippen LogP contribution < -0.4 is 6.15 Å². The van der Waals surface area contributed by atoms with E-state index in [9.17, 15) is 0 Å². The van der Waals surface area contributed by atoms with Gasteiger partial charge in [-0.1, -0.05) is 0 Å². The van der Waals surface area contributed by atoms with Gasteiger partial charge in [0.15, 0.2) is 0 Å². The van der Waals surface area contributed by atoms with Crippen LogP contribution in [0.1, 0.15) is 0 Å². The summed E-state index contributed by atoms with van der Waals surface area (Å²) in [5.41, 5.74) is 0. The third kappa shape index (κ3) is 302. The molecule has 0 bridgehead atoms. The molecule has 0 saturated carbocycles. The molecule has 5 N–H and O–H groups in total. The molecule has 1 unspecified atom stereocenters. The third-order valence-electron chi connectivity index (χ3n) is 0. The number of hydrogen-bond donors (Lipinski definition) is 3. The van der Waals surface area contributed by atoms with Crippen molar-refractivity contribution in [3.63, 3.8) is 0 Å². The molecule has 0 aliphatic carbocycles. The number of hydrogen-bond acceptors (Lipinski definition) is 3. The van der Waals surface area contributed by atoms with Crippen LogP contribution in [-0.2, 0) is 6.21 Å². The summed E-state index contributed by atoms with van der Waals surface area (Å²) in [6.45, 7) is 0. The summed E-state index contributed by atoms with van der Waals surface area (Å²) in [5, 5.41) is 0. The molecule has 5 nitrogen and oxygen atoms in total. The zero-order valence-corrected chi connectivity index (χ0v) is 7.28. The van der Waals surface area contributed by atoms with Crippen LogP contribution in [0.25, 0.3) is 0 Å². The average molecular weight is 245 g/mol. The molecule has 0 fully saturated rings. The van der Waals surface area contributed by atoms with Gasteiger partial charge in [0.1, 0.15) is 0 Å². The maximum Gasteiger partial charge on any atom is -0.153 e. The van der Waals surface area contributed by atoms with Crippen LogP contribution in [0.15, 0.2) is 0 Å². The fourth-order valence-corrected chi connectivity index (χ4v) is 0. The van der Waals surface area contributed by atoms with Crippen molar-refractivity contribution >= 4 is 28.9 Å². The van der Waals surface area contributed by atoms with Gasteiger partial charge in [0, 0.05) is 0 Å². The van der Waals surface area contributed by atoms with Gasteiger partial charge in [0.2, 0.25) is 0 Å². The molecule has 0 aromatic rings. The van der Waals surface area contributed by atoms with Crippen molar-refractivity contribution in [2.75, 3.05) is 0 Å². The molecule has 0 heterocycles. The molecular weight excluding hydrogens is 237 g/mol. The fourth-order valence-electron chi connectivity index (χ4n) is 0. The van der Waals surface area contributed by atoms with Crippen molar-refractivity contribution in [1.82, 2.24) is 6.15 Å². The monoisotopic (exact) mass is 247 g/mol. The first-order valence-corrected chi connectivity index (χ1v) is 4.69. The van der Waals surface area contributed by atoms with Gasteiger partial charge >= 0.3 is 32.1 Å². The molecule has 7 heteroatoms. The molecule has 0 aromatic heterocycles. The number of rotatable bonds is 0. The Morgan fingerprint density at radius 2 is 1.14 bits per heavy atom. The normalized spacial score (nSPS) is 8.29. The molecule has 0 aliphatic heterocycles. The van der Waals surface area contributed by atoms with E-state index in [0.717, 1.165) is 0 Å². The first-order chi connectivity index (χ1) is 2.00. The minimum atomic E-state index is -5.52. The van der Waals surface area contributed by atoms with Gasteiger partial charge in [-0.2, -0.15) is 9.90 Å².